The van der Waals surface area contributed by atoms with E-state index in [-0.39, 0.29) is 28.3 Å². The molecule has 4 rings (SSSR count). The Hall–Kier alpha value is -4.72. The molecule has 8 nitrogen and oxygen atoms in total. The number of allylic oxidation sites excluding steroid dienone is 2. The second kappa shape index (κ2) is 11.1. The molecular weight excluding hydrogens is 484 g/mol. The molecule has 194 valence electrons. The maximum atomic E-state index is 12.5. The van der Waals surface area contributed by atoms with Crippen molar-refractivity contribution in [3.8, 4) is 0 Å². The van der Waals surface area contributed by atoms with Gasteiger partial charge in [0.15, 0.2) is 0 Å². The summed E-state index contributed by atoms with van der Waals surface area (Å²) in [5.74, 6) is -3.68. The molecule has 3 aromatic rings. The third kappa shape index (κ3) is 5.20. The van der Waals surface area contributed by atoms with E-state index in [2.05, 4.69) is 0 Å². The van der Waals surface area contributed by atoms with Gasteiger partial charge in [0.05, 0.1) is 22.0 Å². The van der Waals surface area contributed by atoms with Crippen LogP contribution in [-0.4, -0.2) is 38.5 Å². The number of rotatable bonds is 9. The normalized spacial score (nSPS) is 14.2. The highest BCUT2D eigenvalue weighted by atomic mass is 16.6. The molecule has 2 N–H and O–H groups in total. The van der Waals surface area contributed by atoms with Gasteiger partial charge in [0.1, 0.15) is 0 Å². The molecule has 0 saturated carbocycles. The number of hydrogen-bond donors (Lipinski definition) is 2. The zero-order valence-electron chi connectivity index (χ0n) is 21.1. The number of nitro benzene ring substituents is 1. The van der Waals surface area contributed by atoms with Crippen LogP contribution in [0.5, 0.6) is 0 Å². The molecule has 0 fully saturated rings. The van der Waals surface area contributed by atoms with E-state index in [1.54, 1.807) is 18.7 Å². The fourth-order valence-electron chi connectivity index (χ4n) is 5.30. The average molecular weight is 513 g/mol. The number of aliphatic carboxylic acids is 2. The van der Waals surface area contributed by atoms with Crippen LogP contribution < -0.4 is 0 Å². The van der Waals surface area contributed by atoms with Gasteiger partial charge >= 0.3 is 11.9 Å². The quantitative estimate of drug-likeness (QED) is 0.269. The first-order valence-corrected chi connectivity index (χ1v) is 12.2. The minimum Gasteiger partial charge on any atom is -0.478 e. The van der Waals surface area contributed by atoms with Crippen molar-refractivity contribution >= 4 is 17.6 Å². The lowest BCUT2D eigenvalue weighted by Gasteiger charge is -2.37. The Kier molecular flexibility index (Phi) is 7.71. The van der Waals surface area contributed by atoms with Crippen molar-refractivity contribution in [3.05, 3.63) is 134 Å². The van der Waals surface area contributed by atoms with Gasteiger partial charge in [-0.2, -0.15) is 0 Å². The van der Waals surface area contributed by atoms with Crippen LogP contribution in [0.4, 0.5) is 5.69 Å². The summed E-state index contributed by atoms with van der Waals surface area (Å²) in [5.41, 5.74) is 2.83. The predicted molar refractivity (Wildman–Crippen MR) is 143 cm³/mol. The molecule has 0 bridgehead atoms. The van der Waals surface area contributed by atoms with Crippen LogP contribution in [0, 0.1) is 10.1 Å². The summed E-state index contributed by atoms with van der Waals surface area (Å²) in [6, 6.07) is 25.5. The van der Waals surface area contributed by atoms with Gasteiger partial charge in [-0.15, -0.1) is 0 Å². The molecule has 3 aromatic carbocycles. The Morgan fingerprint density at radius 3 is 1.79 bits per heavy atom. The number of nitrogens with zero attached hydrogens (tertiary/aromatic N) is 2. The van der Waals surface area contributed by atoms with Gasteiger partial charge in [-0.1, -0.05) is 72.8 Å². The summed E-state index contributed by atoms with van der Waals surface area (Å²) in [6.45, 7) is 3.70. The third-order valence-electron chi connectivity index (χ3n) is 7.09. The summed E-state index contributed by atoms with van der Waals surface area (Å²) in [4.78, 5) is 37.6. The molecule has 38 heavy (non-hydrogen) atoms. The summed E-state index contributed by atoms with van der Waals surface area (Å²) in [6.07, 6.45) is 0.601. The van der Waals surface area contributed by atoms with Gasteiger partial charge in [0.2, 0.25) is 0 Å². The monoisotopic (exact) mass is 512 g/mol. The van der Waals surface area contributed by atoms with E-state index in [0.29, 0.717) is 24.4 Å². The molecule has 0 unspecified atom stereocenters. The lowest BCUT2D eigenvalue weighted by atomic mass is 9.79. The minimum atomic E-state index is -1.27. The summed E-state index contributed by atoms with van der Waals surface area (Å²) in [5, 5.41) is 31.8. The van der Waals surface area contributed by atoms with Crippen molar-refractivity contribution < 1.29 is 24.7 Å². The maximum Gasteiger partial charge on any atom is 0.334 e. The number of non-ortho nitro benzene ring substituents is 1. The Morgan fingerprint density at radius 1 is 0.842 bits per heavy atom. The maximum absolute atomic E-state index is 12.5. The second-order valence-electron chi connectivity index (χ2n) is 9.21. The van der Waals surface area contributed by atoms with Gasteiger partial charge in [0, 0.05) is 36.0 Å². The highest BCUT2D eigenvalue weighted by Gasteiger charge is 2.39. The van der Waals surface area contributed by atoms with Gasteiger partial charge in [0.25, 0.3) is 5.69 Å². The van der Waals surface area contributed by atoms with Crippen LogP contribution in [0.3, 0.4) is 0 Å². The SMILES string of the molecule is CC1=C(C(=O)O)C(c2cccc([N+](=O)[O-])c2)C(C(=O)O)=C(C)N1CCC(c1ccccc1)c1ccccc1. The molecule has 1 aliphatic heterocycles. The number of carbonyl (C=O) groups is 2. The summed E-state index contributed by atoms with van der Waals surface area (Å²) < 4.78 is 0. The van der Waals surface area contributed by atoms with E-state index in [0.717, 1.165) is 11.1 Å². The number of carboxylic acids is 2. The largest absolute Gasteiger partial charge is 0.478 e. The topological polar surface area (TPSA) is 121 Å². The van der Waals surface area contributed by atoms with E-state index in [9.17, 15) is 29.9 Å². The molecular formula is C30H28N2O6. The van der Waals surface area contributed by atoms with Crippen molar-refractivity contribution in [1.82, 2.24) is 4.90 Å². The summed E-state index contributed by atoms with van der Waals surface area (Å²) >= 11 is 0. The first kappa shape index (κ1) is 26.3. The van der Waals surface area contributed by atoms with Crippen molar-refractivity contribution in [2.75, 3.05) is 6.54 Å². The number of hydrogen-bond acceptors (Lipinski definition) is 5. The highest BCUT2D eigenvalue weighted by Crippen LogP contribution is 2.43. The van der Waals surface area contributed by atoms with Crippen molar-refractivity contribution in [3.63, 3.8) is 0 Å². The third-order valence-corrected chi connectivity index (χ3v) is 7.09. The Labute approximate surface area is 220 Å². The van der Waals surface area contributed by atoms with Crippen molar-refractivity contribution in [2.24, 2.45) is 0 Å². The Balaban J connectivity index is 1.78. The molecule has 0 aliphatic carbocycles. The molecule has 0 saturated heterocycles. The first-order chi connectivity index (χ1) is 18.2. The molecule has 8 heteroatoms. The van der Waals surface area contributed by atoms with E-state index < -0.39 is 22.8 Å². The van der Waals surface area contributed by atoms with Gasteiger partial charge in [-0.3, -0.25) is 10.1 Å². The van der Waals surface area contributed by atoms with E-state index in [1.165, 1.54) is 24.3 Å². The Bertz CT molecular complexity index is 1350. The number of benzene rings is 3. The molecule has 0 radical (unpaired) electrons. The summed E-state index contributed by atoms with van der Waals surface area (Å²) in [7, 11) is 0. The van der Waals surface area contributed by atoms with Gasteiger partial charge in [-0.05, 0) is 37.0 Å². The standard InChI is InChI=1S/C30H28N2O6/c1-19-26(29(33)34)28(23-14-9-15-24(18-23)32(37)38)27(30(35)36)20(2)31(19)17-16-25(21-10-5-3-6-11-21)22-12-7-4-8-13-22/h3-15,18,25,28H,16-17H2,1-2H3,(H,33,34)(H,35,36). The van der Waals surface area contributed by atoms with E-state index in [4.69, 9.17) is 0 Å². The zero-order chi connectivity index (χ0) is 27.4. The smallest absolute Gasteiger partial charge is 0.334 e. The number of nitro groups is 1. The van der Waals surface area contributed by atoms with Gasteiger partial charge < -0.3 is 15.1 Å². The van der Waals surface area contributed by atoms with Crippen LogP contribution in [0.2, 0.25) is 0 Å². The average Bonchev–Trinajstić information content (AvgIpc) is 2.90. The van der Waals surface area contributed by atoms with E-state index in [1.807, 2.05) is 60.7 Å². The van der Waals surface area contributed by atoms with Crippen LogP contribution in [-0.2, 0) is 9.59 Å². The molecule has 1 aliphatic rings. The predicted octanol–water partition coefficient (Wildman–Crippen LogP) is 5.93. The number of carboxylic acid groups (broad SMARTS) is 2. The second-order valence-corrected chi connectivity index (χ2v) is 9.21. The minimum absolute atomic E-state index is 0.00838. The lowest BCUT2D eigenvalue weighted by Crippen LogP contribution is -2.35. The fraction of sp³-hybridized carbons (Fsp3) is 0.200. The zero-order valence-corrected chi connectivity index (χ0v) is 21.1. The van der Waals surface area contributed by atoms with Crippen LogP contribution in [0.15, 0.2) is 107 Å². The van der Waals surface area contributed by atoms with E-state index >= 15 is 0 Å². The molecule has 0 spiro atoms. The lowest BCUT2D eigenvalue weighted by molar-refractivity contribution is -0.384. The first-order valence-electron chi connectivity index (χ1n) is 12.2. The van der Waals surface area contributed by atoms with Crippen molar-refractivity contribution in [1.29, 1.82) is 0 Å². The van der Waals surface area contributed by atoms with Crippen LogP contribution >= 0.6 is 0 Å². The molecule has 0 aromatic heterocycles. The van der Waals surface area contributed by atoms with Gasteiger partial charge in [-0.25, -0.2) is 9.59 Å². The van der Waals surface area contributed by atoms with Crippen LogP contribution in [0.25, 0.3) is 0 Å². The highest BCUT2D eigenvalue weighted by molar-refractivity contribution is 5.98. The fourth-order valence-corrected chi connectivity index (χ4v) is 5.30. The van der Waals surface area contributed by atoms with Crippen LogP contribution in [0.1, 0.15) is 48.8 Å². The molecule has 1 heterocycles. The van der Waals surface area contributed by atoms with Crippen molar-refractivity contribution in [2.45, 2.75) is 32.1 Å². The Morgan fingerprint density at radius 2 is 1.34 bits per heavy atom. The molecule has 0 atom stereocenters. The molecule has 0 amide bonds.